The number of ether oxygens (including phenoxy) is 1. The van der Waals surface area contributed by atoms with Gasteiger partial charge in [0.25, 0.3) is 0 Å². The van der Waals surface area contributed by atoms with E-state index in [-0.39, 0.29) is 12.0 Å². The number of anilines is 2. The van der Waals surface area contributed by atoms with Crippen molar-refractivity contribution in [3.63, 3.8) is 0 Å². The molecule has 1 atom stereocenters. The maximum absolute atomic E-state index is 12.9. The van der Waals surface area contributed by atoms with E-state index in [1.54, 1.807) is 19.1 Å². The van der Waals surface area contributed by atoms with Crippen LogP contribution in [0.25, 0.3) is 0 Å². The van der Waals surface area contributed by atoms with E-state index >= 15 is 0 Å². The van der Waals surface area contributed by atoms with E-state index in [9.17, 15) is 13.2 Å². The van der Waals surface area contributed by atoms with Gasteiger partial charge in [-0.25, -0.2) is 15.0 Å². The molecular weight excluding hydrogens is 381 g/mol. The van der Waals surface area contributed by atoms with Crippen LogP contribution < -0.4 is 9.80 Å². The molecule has 0 aromatic carbocycles. The van der Waals surface area contributed by atoms with Crippen LogP contribution in [0.5, 0.6) is 0 Å². The number of aromatic nitrogens is 4. The molecule has 11 heteroatoms. The van der Waals surface area contributed by atoms with E-state index in [0.29, 0.717) is 19.6 Å². The predicted octanol–water partition coefficient (Wildman–Crippen LogP) is 2.64. The summed E-state index contributed by atoms with van der Waals surface area (Å²) in [7, 11) is 3.36. The minimum atomic E-state index is -4.48. The summed E-state index contributed by atoms with van der Waals surface area (Å²) in [5.74, 6) is 0.822. The summed E-state index contributed by atoms with van der Waals surface area (Å²) in [5, 5.41) is 0.823. The lowest BCUT2D eigenvalue weighted by molar-refractivity contribution is -0.141. The Kier molecular flexibility index (Phi) is 6.10. The topological polar surface area (TPSA) is 67.3 Å². The van der Waals surface area contributed by atoms with Gasteiger partial charge in [-0.3, -0.25) is 0 Å². The number of hydrogen-bond donors (Lipinski definition) is 0. The van der Waals surface area contributed by atoms with Crippen molar-refractivity contribution in [2.45, 2.75) is 31.5 Å². The van der Waals surface area contributed by atoms with Gasteiger partial charge < -0.3 is 14.5 Å². The summed E-state index contributed by atoms with van der Waals surface area (Å²) in [6, 6.07) is 0.876. The van der Waals surface area contributed by atoms with Gasteiger partial charge >= 0.3 is 6.18 Å². The minimum absolute atomic E-state index is 0.00596. The third-order valence-electron chi connectivity index (χ3n) is 4.45. The molecular formula is C16H21F3N6OS. The highest BCUT2D eigenvalue weighted by Gasteiger charge is 2.34. The third kappa shape index (κ3) is 4.83. The lowest BCUT2D eigenvalue weighted by Crippen LogP contribution is -2.47. The molecule has 27 heavy (non-hydrogen) atoms. The molecule has 0 N–H and O–H groups in total. The van der Waals surface area contributed by atoms with Gasteiger partial charge in [-0.05, 0) is 18.9 Å². The van der Waals surface area contributed by atoms with Gasteiger partial charge in [-0.1, -0.05) is 0 Å². The molecule has 0 spiro atoms. The first-order chi connectivity index (χ1) is 12.9. The molecule has 0 amide bonds. The number of hydrogen-bond acceptors (Lipinski definition) is 8. The van der Waals surface area contributed by atoms with Gasteiger partial charge in [0, 0.05) is 57.4 Å². The summed E-state index contributed by atoms with van der Waals surface area (Å²) in [6.45, 7) is 2.04. The summed E-state index contributed by atoms with van der Waals surface area (Å²) >= 11 is 1.33. The number of piperidine rings is 1. The maximum Gasteiger partial charge on any atom is 0.433 e. The Hall–Kier alpha value is -2.01. The van der Waals surface area contributed by atoms with Crippen molar-refractivity contribution in [3.8, 4) is 0 Å². The van der Waals surface area contributed by atoms with Gasteiger partial charge in [-0.15, -0.1) is 0 Å². The largest absolute Gasteiger partial charge is 0.433 e. The number of rotatable bonds is 6. The number of methoxy groups -OCH3 is 1. The van der Waals surface area contributed by atoms with Gasteiger partial charge in [0.15, 0.2) is 0 Å². The molecule has 3 heterocycles. The van der Waals surface area contributed by atoms with E-state index in [1.807, 2.05) is 0 Å². The van der Waals surface area contributed by atoms with Crippen LogP contribution >= 0.6 is 11.5 Å². The van der Waals surface area contributed by atoms with Crippen LogP contribution in [-0.2, 0) is 17.3 Å². The molecule has 0 bridgehead atoms. The van der Waals surface area contributed by atoms with Crippen LogP contribution in [0.1, 0.15) is 24.4 Å². The first-order valence-corrected chi connectivity index (χ1v) is 9.35. The molecule has 1 unspecified atom stereocenters. The lowest BCUT2D eigenvalue weighted by Gasteiger charge is -2.37. The molecule has 1 aliphatic rings. The highest BCUT2D eigenvalue weighted by molar-refractivity contribution is 7.09. The molecule has 0 saturated carbocycles. The van der Waals surface area contributed by atoms with Crippen LogP contribution in [0, 0.1) is 0 Å². The fourth-order valence-corrected chi connectivity index (χ4v) is 3.70. The van der Waals surface area contributed by atoms with Crippen LogP contribution in [0.2, 0.25) is 0 Å². The molecule has 1 saturated heterocycles. The van der Waals surface area contributed by atoms with Crippen LogP contribution in [0.15, 0.2) is 12.3 Å². The highest BCUT2D eigenvalue weighted by Crippen LogP contribution is 2.29. The minimum Gasteiger partial charge on any atom is -0.384 e. The zero-order chi connectivity index (χ0) is 19.4. The van der Waals surface area contributed by atoms with Crippen molar-refractivity contribution in [2.75, 3.05) is 43.7 Å². The Morgan fingerprint density at radius 2 is 2.19 bits per heavy atom. The van der Waals surface area contributed by atoms with Crippen LogP contribution in [-0.4, -0.2) is 59.2 Å². The van der Waals surface area contributed by atoms with Gasteiger partial charge in [0.2, 0.25) is 11.1 Å². The summed E-state index contributed by atoms with van der Waals surface area (Å²) in [5.41, 5.74) is -0.932. The first-order valence-electron chi connectivity index (χ1n) is 8.58. The monoisotopic (exact) mass is 402 g/mol. The third-order valence-corrected chi connectivity index (χ3v) is 5.27. The Labute approximate surface area is 159 Å². The van der Waals surface area contributed by atoms with Crippen LogP contribution in [0.3, 0.4) is 0 Å². The van der Waals surface area contributed by atoms with Gasteiger partial charge in [0.05, 0.1) is 6.61 Å². The lowest BCUT2D eigenvalue weighted by atomic mass is 10.1. The van der Waals surface area contributed by atoms with Crippen LogP contribution in [0.4, 0.5) is 24.3 Å². The smallest absolute Gasteiger partial charge is 0.384 e. The normalized spacial score (nSPS) is 18.0. The van der Waals surface area contributed by atoms with Crippen molar-refractivity contribution in [2.24, 2.45) is 0 Å². The van der Waals surface area contributed by atoms with E-state index in [2.05, 4.69) is 24.2 Å². The maximum atomic E-state index is 12.9. The second-order valence-electron chi connectivity index (χ2n) is 6.33. The molecule has 3 rings (SSSR count). The molecule has 1 aliphatic heterocycles. The molecule has 2 aromatic rings. The van der Waals surface area contributed by atoms with Gasteiger partial charge in [-0.2, -0.15) is 17.5 Å². The quantitative estimate of drug-likeness (QED) is 0.736. The van der Waals surface area contributed by atoms with Crippen molar-refractivity contribution in [1.29, 1.82) is 0 Å². The summed E-state index contributed by atoms with van der Waals surface area (Å²) in [4.78, 5) is 16.1. The van der Waals surface area contributed by atoms with Gasteiger partial charge in [0.1, 0.15) is 11.5 Å². The fourth-order valence-electron chi connectivity index (χ4n) is 2.95. The number of alkyl halides is 3. The van der Waals surface area contributed by atoms with Crippen molar-refractivity contribution >= 4 is 22.6 Å². The number of likely N-dealkylation sites (N-methyl/N-ethyl adjacent to an activating group) is 1. The Morgan fingerprint density at radius 1 is 1.37 bits per heavy atom. The van der Waals surface area contributed by atoms with E-state index < -0.39 is 11.9 Å². The van der Waals surface area contributed by atoms with E-state index in [4.69, 9.17) is 4.74 Å². The molecule has 0 radical (unpaired) electrons. The standard InChI is InChI=1S/C16H21F3N6OS/c1-24(14-20-7-5-12(21-14)16(17,18)19)11-4-3-8-25(10-11)15-22-13(23-27-15)6-9-26-2/h5,7,11H,3-4,6,8-10H2,1-2H3. The average molecular weight is 402 g/mol. The SMILES string of the molecule is COCCc1nsc(N2CCCC(N(C)c3nccc(C(F)(F)F)n3)C2)n1. The predicted molar refractivity (Wildman–Crippen MR) is 96.2 cm³/mol. The molecule has 148 valence electrons. The van der Waals surface area contributed by atoms with E-state index in [1.165, 1.54) is 11.5 Å². The molecule has 0 aliphatic carbocycles. The highest BCUT2D eigenvalue weighted by atomic mass is 32.1. The molecule has 1 fully saturated rings. The first kappa shape index (κ1) is 19.7. The Bertz CT molecular complexity index is 756. The zero-order valence-electron chi connectivity index (χ0n) is 15.1. The summed E-state index contributed by atoms with van der Waals surface area (Å²) in [6.07, 6.45) is -0.928. The second-order valence-corrected chi connectivity index (χ2v) is 7.06. The molecule has 7 nitrogen and oxygen atoms in total. The zero-order valence-corrected chi connectivity index (χ0v) is 15.9. The molecule has 2 aromatic heterocycles. The second kappa shape index (κ2) is 8.34. The fraction of sp³-hybridized carbons (Fsp3) is 0.625. The number of nitrogens with zero attached hydrogens (tertiary/aromatic N) is 6. The Balaban J connectivity index is 1.69. The van der Waals surface area contributed by atoms with Crippen molar-refractivity contribution in [3.05, 3.63) is 23.8 Å². The number of halogens is 3. The average Bonchev–Trinajstić information content (AvgIpc) is 3.14. The van der Waals surface area contributed by atoms with Crippen molar-refractivity contribution < 1.29 is 17.9 Å². The van der Waals surface area contributed by atoms with E-state index in [0.717, 1.165) is 42.6 Å². The summed E-state index contributed by atoms with van der Waals surface area (Å²) < 4.78 is 48.1. The Morgan fingerprint density at radius 3 is 2.93 bits per heavy atom. The van der Waals surface area contributed by atoms with Crippen molar-refractivity contribution in [1.82, 2.24) is 19.3 Å².